The number of hydrogen-bond donors (Lipinski definition) is 0. The normalized spacial score (nSPS) is 10.7. The van der Waals surface area contributed by atoms with Crippen molar-refractivity contribution in [2.75, 3.05) is 0 Å². The fourth-order valence-corrected chi connectivity index (χ4v) is 2.75. The molecule has 0 radical (unpaired) electrons. The molecule has 0 bridgehead atoms. The van der Waals surface area contributed by atoms with E-state index in [-0.39, 0.29) is 5.97 Å². The van der Waals surface area contributed by atoms with Gasteiger partial charge < -0.3 is 4.74 Å². The van der Waals surface area contributed by atoms with Crippen molar-refractivity contribution in [1.29, 1.82) is 0 Å². The van der Waals surface area contributed by atoms with Gasteiger partial charge in [0.05, 0.1) is 23.0 Å². The molecule has 1 heterocycles. The molecule has 0 amide bonds. The molecule has 0 aliphatic heterocycles. The van der Waals surface area contributed by atoms with Crippen molar-refractivity contribution in [3.05, 3.63) is 96.1 Å². The Morgan fingerprint density at radius 2 is 1.48 bits per heavy atom. The molecule has 0 spiro atoms. The lowest BCUT2D eigenvalue weighted by atomic mass is 10.2. The number of carbonyl (C=O) groups excluding carboxylic acids is 1. The molecule has 4 heteroatoms. The van der Waals surface area contributed by atoms with E-state index in [1.807, 2.05) is 72.8 Å². The number of fused-ring (bicyclic) bond motifs is 1. The monoisotopic (exact) mass is 328 g/mol. The predicted octanol–water partition coefficient (Wildman–Crippen LogP) is 4.30. The smallest absolute Gasteiger partial charge is 0.344 e. The number of benzene rings is 3. The van der Waals surface area contributed by atoms with E-state index in [1.54, 1.807) is 16.8 Å². The van der Waals surface area contributed by atoms with Gasteiger partial charge in [-0.05, 0) is 29.8 Å². The SMILES string of the molecule is O=C(Oc1c2ccccc2nn1Cc1ccccc1)c1ccccc1. The fourth-order valence-electron chi connectivity index (χ4n) is 2.75. The van der Waals surface area contributed by atoms with Crippen molar-refractivity contribution in [3.8, 4) is 5.88 Å². The highest BCUT2D eigenvalue weighted by atomic mass is 16.5. The third-order valence-corrected chi connectivity index (χ3v) is 3.97. The lowest BCUT2D eigenvalue weighted by molar-refractivity contribution is 0.0721. The van der Waals surface area contributed by atoms with Gasteiger partial charge in [-0.15, -0.1) is 0 Å². The average Bonchev–Trinajstić information content (AvgIpc) is 3.00. The Hall–Kier alpha value is -3.40. The van der Waals surface area contributed by atoms with Gasteiger partial charge in [-0.2, -0.15) is 5.10 Å². The Labute approximate surface area is 145 Å². The van der Waals surface area contributed by atoms with Crippen molar-refractivity contribution < 1.29 is 9.53 Å². The van der Waals surface area contributed by atoms with Gasteiger partial charge in [0.2, 0.25) is 5.88 Å². The number of ether oxygens (including phenoxy) is 1. The summed E-state index contributed by atoms with van der Waals surface area (Å²) in [7, 11) is 0. The Balaban J connectivity index is 1.73. The van der Waals surface area contributed by atoms with Crippen molar-refractivity contribution in [3.63, 3.8) is 0 Å². The van der Waals surface area contributed by atoms with E-state index in [4.69, 9.17) is 4.74 Å². The third-order valence-electron chi connectivity index (χ3n) is 3.97. The number of nitrogens with zero attached hydrogens (tertiary/aromatic N) is 2. The van der Waals surface area contributed by atoms with Gasteiger partial charge in [0.25, 0.3) is 0 Å². The van der Waals surface area contributed by atoms with Crippen LogP contribution in [0.5, 0.6) is 5.88 Å². The lowest BCUT2D eigenvalue weighted by Crippen LogP contribution is -2.13. The van der Waals surface area contributed by atoms with Gasteiger partial charge in [0, 0.05) is 0 Å². The van der Waals surface area contributed by atoms with E-state index in [0.29, 0.717) is 18.0 Å². The molecule has 122 valence electrons. The number of hydrogen-bond acceptors (Lipinski definition) is 3. The van der Waals surface area contributed by atoms with Crippen LogP contribution in [0.25, 0.3) is 10.9 Å². The van der Waals surface area contributed by atoms with Crippen LogP contribution in [0.1, 0.15) is 15.9 Å². The maximum Gasteiger partial charge on any atom is 0.344 e. The first-order valence-electron chi connectivity index (χ1n) is 8.08. The average molecular weight is 328 g/mol. The summed E-state index contributed by atoms with van der Waals surface area (Å²) in [6.07, 6.45) is 0. The van der Waals surface area contributed by atoms with Gasteiger partial charge in [0.1, 0.15) is 0 Å². The first-order valence-corrected chi connectivity index (χ1v) is 8.08. The van der Waals surface area contributed by atoms with Crippen LogP contribution in [0.4, 0.5) is 0 Å². The zero-order valence-corrected chi connectivity index (χ0v) is 13.5. The molecule has 3 aromatic carbocycles. The lowest BCUT2D eigenvalue weighted by Gasteiger charge is -2.08. The number of esters is 1. The van der Waals surface area contributed by atoms with Crippen LogP contribution in [0.15, 0.2) is 84.9 Å². The molecule has 4 nitrogen and oxygen atoms in total. The second-order valence-corrected chi connectivity index (χ2v) is 5.72. The molecule has 0 aliphatic rings. The minimum atomic E-state index is -0.388. The summed E-state index contributed by atoms with van der Waals surface area (Å²) < 4.78 is 7.46. The summed E-state index contributed by atoms with van der Waals surface area (Å²) in [5.41, 5.74) is 2.40. The molecule has 0 N–H and O–H groups in total. The molecule has 1 aromatic heterocycles. The molecule has 25 heavy (non-hydrogen) atoms. The van der Waals surface area contributed by atoms with Gasteiger partial charge in [-0.3, -0.25) is 0 Å². The van der Waals surface area contributed by atoms with E-state index in [9.17, 15) is 4.79 Å². The fraction of sp³-hybridized carbons (Fsp3) is 0.0476. The number of rotatable bonds is 4. The summed E-state index contributed by atoms with van der Waals surface area (Å²) in [4.78, 5) is 12.5. The van der Waals surface area contributed by atoms with Gasteiger partial charge in [0.15, 0.2) is 0 Å². The van der Waals surface area contributed by atoms with Crippen LogP contribution in [-0.4, -0.2) is 15.7 Å². The first kappa shape index (κ1) is 15.1. The zero-order chi connectivity index (χ0) is 17.1. The van der Waals surface area contributed by atoms with E-state index < -0.39 is 0 Å². The molecule has 0 saturated carbocycles. The Bertz CT molecular complexity index is 1010. The van der Waals surface area contributed by atoms with E-state index in [2.05, 4.69) is 5.10 Å². The molecule has 0 aliphatic carbocycles. The van der Waals surface area contributed by atoms with Gasteiger partial charge in [-0.1, -0.05) is 60.7 Å². The Morgan fingerprint density at radius 1 is 0.840 bits per heavy atom. The summed E-state index contributed by atoms with van der Waals surface area (Å²) in [5.74, 6) is 0.0777. The van der Waals surface area contributed by atoms with Gasteiger partial charge in [-0.25, -0.2) is 9.48 Å². The largest absolute Gasteiger partial charge is 0.403 e. The molecule has 4 rings (SSSR count). The first-order chi connectivity index (χ1) is 12.3. The van der Waals surface area contributed by atoms with Crippen molar-refractivity contribution in [2.24, 2.45) is 0 Å². The van der Waals surface area contributed by atoms with E-state index >= 15 is 0 Å². The predicted molar refractivity (Wildman–Crippen MR) is 96.7 cm³/mol. The minimum Gasteiger partial charge on any atom is -0.403 e. The Kier molecular flexibility index (Phi) is 4.01. The van der Waals surface area contributed by atoms with Crippen LogP contribution in [0, 0.1) is 0 Å². The van der Waals surface area contributed by atoms with E-state index in [0.717, 1.165) is 16.5 Å². The topological polar surface area (TPSA) is 44.1 Å². The van der Waals surface area contributed by atoms with Crippen molar-refractivity contribution in [1.82, 2.24) is 9.78 Å². The van der Waals surface area contributed by atoms with Crippen molar-refractivity contribution >= 4 is 16.9 Å². The summed E-state index contributed by atoms with van der Waals surface area (Å²) >= 11 is 0. The van der Waals surface area contributed by atoms with Gasteiger partial charge >= 0.3 is 5.97 Å². The van der Waals surface area contributed by atoms with Crippen LogP contribution in [-0.2, 0) is 6.54 Å². The zero-order valence-electron chi connectivity index (χ0n) is 13.5. The second kappa shape index (κ2) is 6.61. The van der Waals surface area contributed by atoms with Crippen LogP contribution < -0.4 is 4.74 Å². The third kappa shape index (κ3) is 3.15. The summed E-state index contributed by atoms with van der Waals surface area (Å²) in [6.45, 7) is 0.535. The highest BCUT2D eigenvalue weighted by Crippen LogP contribution is 2.27. The second-order valence-electron chi connectivity index (χ2n) is 5.72. The number of carbonyl (C=O) groups is 1. The molecule has 0 fully saturated rings. The summed E-state index contributed by atoms with van der Waals surface area (Å²) in [5, 5.41) is 5.42. The maximum atomic E-state index is 12.5. The minimum absolute atomic E-state index is 0.388. The highest BCUT2D eigenvalue weighted by molar-refractivity contribution is 5.94. The summed E-state index contributed by atoms with van der Waals surface area (Å²) in [6, 6.07) is 26.6. The van der Waals surface area contributed by atoms with Crippen LogP contribution >= 0.6 is 0 Å². The molecule has 0 unspecified atom stereocenters. The molecular formula is C21H16N2O2. The van der Waals surface area contributed by atoms with Crippen LogP contribution in [0.3, 0.4) is 0 Å². The maximum absolute atomic E-state index is 12.5. The molecule has 4 aromatic rings. The quantitative estimate of drug-likeness (QED) is 0.525. The molecule has 0 atom stereocenters. The highest BCUT2D eigenvalue weighted by Gasteiger charge is 2.17. The number of aromatic nitrogens is 2. The molecular weight excluding hydrogens is 312 g/mol. The molecule has 0 saturated heterocycles. The van der Waals surface area contributed by atoms with E-state index in [1.165, 1.54) is 0 Å². The van der Waals surface area contributed by atoms with Crippen molar-refractivity contribution in [2.45, 2.75) is 6.54 Å². The van der Waals surface area contributed by atoms with Crippen LogP contribution in [0.2, 0.25) is 0 Å². The standard InChI is InChI=1S/C21H16N2O2/c24-21(17-11-5-2-6-12-17)25-20-18-13-7-8-14-19(18)22-23(20)15-16-9-3-1-4-10-16/h1-14H,15H2. The Morgan fingerprint density at radius 3 is 2.24 bits per heavy atom.